The van der Waals surface area contributed by atoms with Crippen molar-refractivity contribution in [2.45, 2.75) is 85.9 Å². The summed E-state index contributed by atoms with van der Waals surface area (Å²) in [5, 5.41) is 25.0. The van der Waals surface area contributed by atoms with Gasteiger partial charge in [-0.25, -0.2) is 9.18 Å². The third-order valence-electron chi connectivity index (χ3n) is 7.77. The molecule has 4 aromatic rings. The van der Waals surface area contributed by atoms with Crippen molar-refractivity contribution in [3.63, 3.8) is 0 Å². The van der Waals surface area contributed by atoms with Crippen LogP contribution in [-0.2, 0) is 4.74 Å². The minimum absolute atomic E-state index is 0.0359. The molecule has 13 heteroatoms. The molecule has 2 unspecified atom stereocenters. The molecule has 1 fully saturated rings. The maximum absolute atomic E-state index is 15.0. The van der Waals surface area contributed by atoms with Gasteiger partial charge in [0.05, 0.1) is 45.6 Å². The van der Waals surface area contributed by atoms with Crippen molar-refractivity contribution in [2.24, 2.45) is 0 Å². The zero-order valence-electron chi connectivity index (χ0n) is 30.1. The van der Waals surface area contributed by atoms with Gasteiger partial charge in [0, 0.05) is 37.0 Å². The number of likely N-dealkylation sites (N-methyl/N-ethyl adjacent to an activating group) is 1. The molecule has 10 nitrogen and oxygen atoms in total. The monoisotopic (exact) mass is 709 g/mol. The summed E-state index contributed by atoms with van der Waals surface area (Å²) in [6, 6.07) is 8.59. The van der Waals surface area contributed by atoms with Gasteiger partial charge in [0.25, 0.3) is 0 Å². The van der Waals surface area contributed by atoms with E-state index in [4.69, 9.17) is 21.1 Å². The summed E-state index contributed by atoms with van der Waals surface area (Å²) < 4.78 is 26.3. The second-order valence-corrected chi connectivity index (χ2v) is 13.6. The fourth-order valence-corrected chi connectivity index (χ4v) is 7.11. The van der Waals surface area contributed by atoms with E-state index >= 15 is 0 Å². The lowest BCUT2D eigenvalue weighted by atomic mass is 9.93. The smallest absolute Gasteiger partial charge is 0.410 e. The molecule has 2 atom stereocenters. The summed E-state index contributed by atoms with van der Waals surface area (Å²) in [7, 11) is 4.96. The quantitative estimate of drug-likeness (QED) is 0.216. The first-order valence-electron chi connectivity index (χ1n) is 16.3. The SMILES string of the molecule is CC.CCC.CNc1sc2c(F)ccc(-c3c(Cl)cc4c(N(C)C5CCN(C(=O)OC(C)(C)C)C5C)nc(OC)nc4c3C#N)c2c1C#N. The van der Waals surface area contributed by atoms with Gasteiger partial charge in [-0.3, -0.25) is 0 Å². The van der Waals surface area contributed by atoms with E-state index in [1.807, 2.05) is 53.5 Å². The zero-order chi connectivity index (χ0) is 36.8. The molecular weight excluding hydrogens is 665 g/mol. The summed E-state index contributed by atoms with van der Waals surface area (Å²) in [6.07, 6.45) is 1.51. The van der Waals surface area contributed by atoms with Gasteiger partial charge in [0.1, 0.15) is 34.4 Å². The number of nitriles is 2. The van der Waals surface area contributed by atoms with E-state index in [0.29, 0.717) is 45.7 Å². The predicted octanol–water partition coefficient (Wildman–Crippen LogP) is 9.37. The van der Waals surface area contributed by atoms with Crippen LogP contribution in [0, 0.1) is 28.5 Å². The number of fused-ring (bicyclic) bond motifs is 2. The number of hydrogen-bond acceptors (Lipinski definition) is 10. The number of nitrogens with one attached hydrogen (secondary N) is 1. The zero-order valence-corrected chi connectivity index (χ0v) is 31.7. The van der Waals surface area contributed by atoms with E-state index in [9.17, 15) is 19.7 Å². The Morgan fingerprint density at radius 2 is 1.84 bits per heavy atom. The van der Waals surface area contributed by atoms with Crippen LogP contribution in [0.1, 0.15) is 79.4 Å². The minimum atomic E-state index is -0.624. The number of ether oxygens (including phenoxy) is 2. The molecule has 0 aliphatic carbocycles. The van der Waals surface area contributed by atoms with Gasteiger partial charge in [-0.1, -0.05) is 51.8 Å². The normalized spacial score (nSPS) is 15.4. The largest absolute Gasteiger partial charge is 0.467 e. The van der Waals surface area contributed by atoms with Gasteiger partial charge in [-0.15, -0.1) is 11.3 Å². The molecule has 1 amide bonds. The van der Waals surface area contributed by atoms with Gasteiger partial charge in [0.2, 0.25) is 0 Å². The van der Waals surface area contributed by atoms with Crippen molar-refractivity contribution in [1.29, 1.82) is 10.5 Å². The molecule has 1 saturated heterocycles. The van der Waals surface area contributed by atoms with E-state index in [1.54, 1.807) is 18.0 Å². The van der Waals surface area contributed by atoms with Crippen LogP contribution in [0.4, 0.5) is 20.0 Å². The highest BCUT2D eigenvalue weighted by Gasteiger charge is 2.39. The molecule has 1 N–H and O–H groups in total. The van der Waals surface area contributed by atoms with Crippen LogP contribution in [0.15, 0.2) is 18.2 Å². The lowest BCUT2D eigenvalue weighted by Gasteiger charge is -2.33. The number of nitrogens with zero attached hydrogens (tertiary/aromatic N) is 6. The van der Waals surface area contributed by atoms with Crippen molar-refractivity contribution in [3.8, 4) is 29.3 Å². The molecule has 5 rings (SSSR count). The number of amides is 1. The molecule has 0 saturated carbocycles. The van der Waals surface area contributed by atoms with Crippen molar-refractivity contribution in [1.82, 2.24) is 14.9 Å². The van der Waals surface area contributed by atoms with Gasteiger partial charge in [-0.05, 0) is 51.8 Å². The van der Waals surface area contributed by atoms with E-state index < -0.39 is 11.4 Å². The Balaban J connectivity index is 0.00000123. The summed E-state index contributed by atoms with van der Waals surface area (Å²) in [4.78, 5) is 25.7. The minimum Gasteiger partial charge on any atom is -0.467 e. The molecule has 2 aromatic carbocycles. The number of carbonyl (C=O) groups is 1. The fourth-order valence-electron chi connectivity index (χ4n) is 5.77. The molecule has 1 aliphatic heterocycles. The van der Waals surface area contributed by atoms with Crippen molar-refractivity contribution in [2.75, 3.05) is 38.0 Å². The summed E-state index contributed by atoms with van der Waals surface area (Å²) >= 11 is 8.06. The Kier molecular flexibility index (Phi) is 13.0. The first-order valence-corrected chi connectivity index (χ1v) is 17.5. The van der Waals surface area contributed by atoms with Crippen LogP contribution in [-0.4, -0.2) is 66.4 Å². The van der Waals surface area contributed by atoms with Gasteiger partial charge >= 0.3 is 12.1 Å². The highest BCUT2D eigenvalue weighted by atomic mass is 35.5. The predicted molar refractivity (Wildman–Crippen MR) is 197 cm³/mol. The van der Waals surface area contributed by atoms with E-state index in [2.05, 4.69) is 41.3 Å². The molecule has 0 spiro atoms. The highest BCUT2D eigenvalue weighted by molar-refractivity contribution is 7.23. The third-order valence-corrected chi connectivity index (χ3v) is 9.28. The second-order valence-electron chi connectivity index (χ2n) is 12.2. The number of aromatic nitrogens is 2. The van der Waals surface area contributed by atoms with Crippen molar-refractivity contribution in [3.05, 3.63) is 40.2 Å². The average molecular weight is 710 g/mol. The molecule has 49 heavy (non-hydrogen) atoms. The Morgan fingerprint density at radius 3 is 2.39 bits per heavy atom. The third kappa shape index (κ3) is 7.76. The number of benzene rings is 2. The highest BCUT2D eigenvalue weighted by Crippen LogP contribution is 2.47. The maximum Gasteiger partial charge on any atom is 0.410 e. The lowest BCUT2D eigenvalue weighted by molar-refractivity contribution is 0.0233. The standard InChI is InChI=1S/C31H31ClFN7O3S.C3H8.C2H6/c1-15-22(10-11-40(15)30(41)43-31(2,3)4)39(6)27-17-12-20(32)23(18(13-34)25(17)37-29(38-27)42-7)16-8-9-21(33)26-24(16)19(14-35)28(36-5)44-26;1-3-2;1-2/h8-9,12,15,22,36H,10-11H2,1-7H3;3H2,1-2H3;1-2H3. The van der Waals surface area contributed by atoms with Crippen LogP contribution >= 0.6 is 22.9 Å². The summed E-state index contributed by atoms with van der Waals surface area (Å²) in [5.41, 5.74) is 0.808. The van der Waals surface area contributed by atoms with E-state index in [0.717, 1.165) is 11.3 Å². The number of hydrogen-bond donors (Lipinski definition) is 1. The molecule has 0 radical (unpaired) electrons. The van der Waals surface area contributed by atoms with Crippen LogP contribution in [0.2, 0.25) is 5.02 Å². The number of likely N-dealkylation sites (tertiary alicyclic amines) is 1. The number of thiophene rings is 1. The van der Waals surface area contributed by atoms with Crippen molar-refractivity contribution >= 4 is 60.8 Å². The van der Waals surface area contributed by atoms with Crippen LogP contribution in [0.5, 0.6) is 6.01 Å². The Bertz CT molecular complexity index is 1910. The molecule has 0 bridgehead atoms. The van der Waals surface area contributed by atoms with Gasteiger partial charge < -0.3 is 24.6 Å². The summed E-state index contributed by atoms with van der Waals surface area (Å²) in [6.45, 7) is 16.2. The number of methoxy groups -OCH3 is 1. The first-order chi connectivity index (χ1) is 23.3. The maximum atomic E-state index is 15.0. The van der Waals surface area contributed by atoms with Gasteiger partial charge in [0.15, 0.2) is 0 Å². The van der Waals surface area contributed by atoms with Crippen LogP contribution in [0.3, 0.4) is 0 Å². The van der Waals surface area contributed by atoms with Crippen LogP contribution < -0.4 is 15.0 Å². The number of carbonyl (C=O) groups excluding carboxylic acids is 1. The molecule has 3 heterocycles. The Labute approximate surface area is 297 Å². The molecule has 2 aromatic heterocycles. The van der Waals surface area contributed by atoms with Crippen LogP contribution in [0.25, 0.3) is 32.1 Å². The van der Waals surface area contributed by atoms with E-state index in [-0.39, 0.29) is 50.6 Å². The number of anilines is 2. The van der Waals surface area contributed by atoms with E-state index in [1.165, 1.54) is 25.7 Å². The number of rotatable bonds is 5. The Morgan fingerprint density at radius 1 is 1.20 bits per heavy atom. The average Bonchev–Trinajstić information content (AvgIpc) is 3.65. The lowest BCUT2D eigenvalue weighted by Crippen LogP contribution is -2.45. The molecule has 1 aliphatic rings. The number of halogens is 2. The van der Waals surface area contributed by atoms with Crippen molar-refractivity contribution < 1.29 is 18.7 Å². The fraction of sp³-hybridized carbons (Fsp3) is 0.472. The molecule has 262 valence electrons. The molecular formula is C36H45ClFN7O3S. The topological polar surface area (TPSA) is 127 Å². The first kappa shape index (κ1) is 39.1. The second kappa shape index (κ2) is 16.3. The van der Waals surface area contributed by atoms with Gasteiger partial charge in [-0.2, -0.15) is 20.5 Å². The Hall–Kier alpha value is -4.39. The summed E-state index contributed by atoms with van der Waals surface area (Å²) in [5.74, 6) is -0.0177.